The summed E-state index contributed by atoms with van der Waals surface area (Å²) in [6.07, 6.45) is 4.39. The highest BCUT2D eigenvalue weighted by Crippen LogP contribution is 2.29. The molecule has 1 saturated carbocycles. The first-order valence-electron chi connectivity index (χ1n) is 6.72. The SMILES string of the molecule is CC(=O)N(C[C@H]1CCCN(C(=O)CCl)C1)C1CC1. The Labute approximate surface area is 113 Å². The summed E-state index contributed by atoms with van der Waals surface area (Å²) in [5.41, 5.74) is 0. The number of halogens is 1. The molecule has 2 amide bonds. The number of amides is 2. The molecule has 18 heavy (non-hydrogen) atoms. The second kappa shape index (κ2) is 5.91. The van der Waals surface area contributed by atoms with Gasteiger partial charge in [-0.2, -0.15) is 0 Å². The summed E-state index contributed by atoms with van der Waals surface area (Å²) in [6.45, 7) is 4.00. The maximum Gasteiger partial charge on any atom is 0.237 e. The van der Waals surface area contributed by atoms with Crippen molar-refractivity contribution in [3.05, 3.63) is 0 Å². The van der Waals surface area contributed by atoms with Gasteiger partial charge in [0.15, 0.2) is 0 Å². The van der Waals surface area contributed by atoms with Crippen LogP contribution in [0.4, 0.5) is 0 Å². The van der Waals surface area contributed by atoms with Gasteiger partial charge in [0.2, 0.25) is 11.8 Å². The molecule has 102 valence electrons. The van der Waals surface area contributed by atoms with Crippen LogP contribution in [-0.2, 0) is 9.59 Å². The van der Waals surface area contributed by atoms with Crippen molar-refractivity contribution in [3.8, 4) is 0 Å². The van der Waals surface area contributed by atoms with E-state index in [0.29, 0.717) is 12.0 Å². The lowest BCUT2D eigenvalue weighted by atomic mass is 9.97. The molecule has 0 aromatic rings. The number of carbonyl (C=O) groups is 2. The highest BCUT2D eigenvalue weighted by Gasteiger charge is 2.33. The van der Waals surface area contributed by atoms with Crippen molar-refractivity contribution in [1.82, 2.24) is 9.80 Å². The molecular weight excluding hydrogens is 252 g/mol. The number of alkyl halides is 1. The van der Waals surface area contributed by atoms with Crippen molar-refractivity contribution in [2.45, 2.75) is 38.6 Å². The fraction of sp³-hybridized carbons (Fsp3) is 0.846. The van der Waals surface area contributed by atoms with Crippen molar-refractivity contribution >= 4 is 23.4 Å². The van der Waals surface area contributed by atoms with Crippen molar-refractivity contribution in [2.75, 3.05) is 25.5 Å². The summed E-state index contributed by atoms with van der Waals surface area (Å²) in [5.74, 6) is 0.655. The summed E-state index contributed by atoms with van der Waals surface area (Å²) in [4.78, 5) is 27.0. The molecule has 0 spiro atoms. The van der Waals surface area contributed by atoms with E-state index in [-0.39, 0.29) is 17.7 Å². The lowest BCUT2D eigenvalue weighted by molar-refractivity contribution is -0.132. The van der Waals surface area contributed by atoms with E-state index in [9.17, 15) is 9.59 Å². The van der Waals surface area contributed by atoms with Crippen LogP contribution in [0, 0.1) is 5.92 Å². The van der Waals surface area contributed by atoms with Gasteiger partial charge in [-0.25, -0.2) is 0 Å². The van der Waals surface area contributed by atoms with Crippen molar-refractivity contribution in [3.63, 3.8) is 0 Å². The second-order valence-electron chi connectivity index (χ2n) is 5.38. The third-order valence-corrected chi connectivity index (χ3v) is 4.06. The van der Waals surface area contributed by atoms with Crippen LogP contribution in [0.25, 0.3) is 0 Å². The lowest BCUT2D eigenvalue weighted by Crippen LogP contribution is -2.45. The number of nitrogens with zero attached hydrogens (tertiary/aromatic N) is 2. The molecule has 2 aliphatic rings. The summed E-state index contributed by atoms with van der Waals surface area (Å²) >= 11 is 5.59. The van der Waals surface area contributed by atoms with Crippen LogP contribution in [0.15, 0.2) is 0 Å². The Kier molecular flexibility index (Phi) is 4.49. The van der Waals surface area contributed by atoms with Crippen molar-refractivity contribution in [1.29, 1.82) is 0 Å². The maximum absolute atomic E-state index is 11.6. The van der Waals surface area contributed by atoms with Crippen molar-refractivity contribution < 1.29 is 9.59 Å². The summed E-state index contributed by atoms with van der Waals surface area (Å²) in [5, 5.41) is 0. The van der Waals surface area contributed by atoms with E-state index in [4.69, 9.17) is 11.6 Å². The van der Waals surface area contributed by atoms with Crippen LogP contribution in [0.5, 0.6) is 0 Å². The summed E-state index contributed by atoms with van der Waals surface area (Å²) in [7, 11) is 0. The van der Waals surface area contributed by atoms with Gasteiger partial charge in [-0.1, -0.05) is 0 Å². The summed E-state index contributed by atoms with van der Waals surface area (Å²) < 4.78 is 0. The molecule has 5 heteroatoms. The first-order valence-corrected chi connectivity index (χ1v) is 7.26. The topological polar surface area (TPSA) is 40.6 Å². The van der Waals surface area contributed by atoms with E-state index in [0.717, 1.165) is 45.3 Å². The predicted octanol–water partition coefficient (Wildman–Crippen LogP) is 1.47. The first-order chi connectivity index (χ1) is 8.61. The average Bonchev–Trinajstić information content (AvgIpc) is 3.19. The fourth-order valence-electron chi connectivity index (χ4n) is 2.72. The molecule has 1 aliphatic heterocycles. The van der Waals surface area contributed by atoms with Gasteiger partial charge in [0, 0.05) is 32.6 Å². The molecule has 1 aliphatic carbocycles. The van der Waals surface area contributed by atoms with E-state index < -0.39 is 0 Å². The Morgan fingerprint density at radius 3 is 2.61 bits per heavy atom. The van der Waals surface area contributed by atoms with Gasteiger partial charge in [0.25, 0.3) is 0 Å². The van der Waals surface area contributed by atoms with E-state index in [2.05, 4.69) is 0 Å². The van der Waals surface area contributed by atoms with Gasteiger partial charge in [-0.15, -0.1) is 11.6 Å². The molecule has 1 heterocycles. The molecular formula is C13H21ClN2O2. The van der Waals surface area contributed by atoms with E-state index in [1.54, 1.807) is 6.92 Å². The number of hydrogen-bond donors (Lipinski definition) is 0. The molecule has 0 unspecified atom stereocenters. The van der Waals surface area contributed by atoms with Gasteiger partial charge in [-0.05, 0) is 31.6 Å². The Hall–Kier alpha value is -0.770. The molecule has 0 N–H and O–H groups in total. The van der Waals surface area contributed by atoms with E-state index >= 15 is 0 Å². The number of hydrogen-bond acceptors (Lipinski definition) is 2. The molecule has 0 aromatic heterocycles. The largest absolute Gasteiger partial charge is 0.341 e. The Morgan fingerprint density at radius 1 is 1.33 bits per heavy atom. The minimum Gasteiger partial charge on any atom is -0.341 e. The first kappa shape index (κ1) is 13.7. The van der Waals surface area contributed by atoms with E-state index in [1.165, 1.54) is 0 Å². The van der Waals surface area contributed by atoms with Crippen LogP contribution < -0.4 is 0 Å². The zero-order chi connectivity index (χ0) is 13.1. The van der Waals surface area contributed by atoms with Crippen molar-refractivity contribution in [2.24, 2.45) is 5.92 Å². The Balaban J connectivity index is 1.88. The van der Waals surface area contributed by atoms with Crippen LogP contribution >= 0.6 is 11.6 Å². The average molecular weight is 273 g/mol. The van der Waals surface area contributed by atoms with Crippen LogP contribution in [0.2, 0.25) is 0 Å². The van der Waals surface area contributed by atoms with Crippen LogP contribution in [0.1, 0.15) is 32.6 Å². The predicted molar refractivity (Wildman–Crippen MR) is 70.4 cm³/mol. The quantitative estimate of drug-likeness (QED) is 0.728. The minimum absolute atomic E-state index is 0.0159. The smallest absolute Gasteiger partial charge is 0.237 e. The lowest BCUT2D eigenvalue weighted by Gasteiger charge is -2.35. The van der Waals surface area contributed by atoms with Gasteiger partial charge in [-0.3, -0.25) is 9.59 Å². The second-order valence-corrected chi connectivity index (χ2v) is 5.65. The zero-order valence-electron chi connectivity index (χ0n) is 10.9. The highest BCUT2D eigenvalue weighted by molar-refractivity contribution is 6.27. The molecule has 2 fully saturated rings. The standard InChI is InChI=1S/C13H21ClN2O2/c1-10(17)16(12-4-5-12)9-11-3-2-6-15(8-11)13(18)7-14/h11-12H,2-9H2,1H3/t11-/m0/s1. The number of piperidine rings is 1. The van der Waals surface area contributed by atoms with Crippen LogP contribution in [-0.4, -0.2) is 53.2 Å². The number of carbonyl (C=O) groups excluding carboxylic acids is 2. The maximum atomic E-state index is 11.6. The van der Waals surface area contributed by atoms with Gasteiger partial charge in [0.05, 0.1) is 0 Å². The highest BCUT2D eigenvalue weighted by atomic mass is 35.5. The molecule has 0 aromatic carbocycles. The minimum atomic E-state index is 0.0159. The number of rotatable bonds is 4. The monoisotopic (exact) mass is 272 g/mol. The Morgan fingerprint density at radius 2 is 2.06 bits per heavy atom. The van der Waals surface area contributed by atoms with E-state index in [1.807, 2.05) is 9.80 Å². The zero-order valence-corrected chi connectivity index (χ0v) is 11.7. The molecule has 0 bridgehead atoms. The third kappa shape index (κ3) is 3.37. The summed E-state index contributed by atoms with van der Waals surface area (Å²) in [6, 6.07) is 0.460. The number of likely N-dealkylation sites (tertiary alicyclic amines) is 1. The fourth-order valence-corrected chi connectivity index (χ4v) is 2.89. The Bertz CT molecular complexity index is 331. The van der Waals surface area contributed by atoms with Gasteiger partial charge < -0.3 is 9.80 Å². The normalized spacial score (nSPS) is 23.9. The molecule has 1 atom stereocenters. The van der Waals surface area contributed by atoms with Gasteiger partial charge >= 0.3 is 0 Å². The molecule has 4 nitrogen and oxygen atoms in total. The molecule has 0 radical (unpaired) electrons. The molecule has 2 rings (SSSR count). The van der Waals surface area contributed by atoms with Crippen LogP contribution in [0.3, 0.4) is 0 Å². The molecule has 1 saturated heterocycles. The third-order valence-electron chi connectivity index (χ3n) is 3.83. The van der Waals surface area contributed by atoms with Gasteiger partial charge in [0.1, 0.15) is 5.88 Å².